The molecule has 0 spiro atoms. The fraction of sp³-hybridized carbons (Fsp3) is 0.190. The molecule has 1 aliphatic heterocycles. The van der Waals surface area contributed by atoms with Crippen LogP contribution in [0.4, 0.5) is 5.69 Å². The molecule has 0 aliphatic carbocycles. The van der Waals surface area contributed by atoms with Crippen molar-refractivity contribution in [1.29, 1.82) is 0 Å². The molecule has 4 nitrogen and oxygen atoms in total. The molecule has 2 heterocycles. The normalized spacial score (nSPS) is 14.2. The van der Waals surface area contributed by atoms with E-state index in [1.807, 2.05) is 13.0 Å². The summed E-state index contributed by atoms with van der Waals surface area (Å²) in [6, 6.07) is 13.7. The third-order valence-corrected chi connectivity index (χ3v) is 8.07. The van der Waals surface area contributed by atoms with Crippen LogP contribution in [0.5, 0.6) is 0 Å². The van der Waals surface area contributed by atoms with Crippen molar-refractivity contribution in [3.05, 3.63) is 69.0 Å². The lowest BCUT2D eigenvalue weighted by Crippen LogP contribution is -2.31. The second-order valence-corrected chi connectivity index (χ2v) is 10.7. The van der Waals surface area contributed by atoms with Crippen LogP contribution < -0.4 is 4.90 Å². The van der Waals surface area contributed by atoms with Crippen LogP contribution in [0.1, 0.15) is 28.6 Å². The summed E-state index contributed by atoms with van der Waals surface area (Å²) in [4.78, 5) is 16.5. The fourth-order valence-electron chi connectivity index (χ4n) is 3.44. The minimum atomic E-state index is -3.50. The van der Waals surface area contributed by atoms with Crippen molar-refractivity contribution in [3.63, 3.8) is 0 Å². The number of carbonyl (C=O) groups is 1. The predicted octanol–water partition coefficient (Wildman–Crippen LogP) is 6.07. The molecular weight excluding hydrogens is 449 g/mol. The fourth-order valence-corrected chi connectivity index (χ4v) is 6.79. The first-order chi connectivity index (χ1) is 13.8. The second-order valence-electron chi connectivity index (χ2n) is 6.80. The van der Waals surface area contributed by atoms with Crippen LogP contribution in [-0.4, -0.2) is 20.9 Å². The van der Waals surface area contributed by atoms with Crippen LogP contribution in [0, 0.1) is 0 Å². The molecule has 0 N–H and O–H groups in total. The average molecular weight is 466 g/mol. The summed E-state index contributed by atoms with van der Waals surface area (Å²) in [5.41, 5.74) is 1.97. The van der Waals surface area contributed by atoms with E-state index in [9.17, 15) is 13.2 Å². The Hall–Kier alpha value is -1.86. The van der Waals surface area contributed by atoms with Gasteiger partial charge in [0.05, 0.1) is 15.5 Å². The van der Waals surface area contributed by atoms with Gasteiger partial charge in [0, 0.05) is 32.7 Å². The number of thiophene rings is 1. The third-order valence-electron chi connectivity index (χ3n) is 4.70. The first-order valence-electron chi connectivity index (χ1n) is 9.03. The largest absolute Gasteiger partial charge is 0.308 e. The zero-order valence-electron chi connectivity index (χ0n) is 15.5. The number of rotatable bonds is 4. The van der Waals surface area contributed by atoms with Crippen molar-refractivity contribution in [2.75, 3.05) is 11.4 Å². The minimum absolute atomic E-state index is 0.135. The summed E-state index contributed by atoms with van der Waals surface area (Å²) in [6.45, 7) is 2.53. The SMILES string of the molecule is CCCN(C(=O)c1cc2c(s1)-c1ccc(Cl)cc1S(=O)(=O)C2)c1cccc(Cl)c1. The van der Waals surface area contributed by atoms with E-state index < -0.39 is 9.84 Å². The van der Waals surface area contributed by atoms with Crippen LogP contribution in [0.3, 0.4) is 0 Å². The molecule has 1 aliphatic rings. The summed E-state index contributed by atoms with van der Waals surface area (Å²) in [6.07, 6.45) is 0.777. The molecular formula is C21H17Cl2NO3S2. The van der Waals surface area contributed by atoms with Crippen molar-refractivity contribution in [2.24, 2.45) is 0 Å². The molecule has 150 valence electrons. The number of nitrogens with zero attached hydrogens (tertiary/aromatic N) is 1. The molecule has 0 saturated heterocycles. The quantitative estimate of drug-likeness (QED) is 0.469. The molecule has 0 bridgehead atoms. The maximum atomic E-state index is 13.3. The summed E-state index contributed by atoms with van der Waals surface area (Å²) in [5, 5.41) is 0.928. The number of anilines is 1. The monoisotopic (exact) mass is 465 g/mol. The zero-order valence-corrected chi connectivity index (χ0v) is 18.6. The van der Waals surface area contributed by atoms with Gasteiger partial charge in [0.2, 0.25) is 0 Å². The number of hydrogen-bond acceptors (Lipinski definition) is 4. The Kier molecular flexibility index (Phi) is 5.46. The van der Waals surface area contributed by atoms with Gasteiger partial charge >= 0.3 is 0 Å². The topological polar surface area (TPSA) is 54.5 Å². The second kappa shape index (κ2) is 7.76. The van der Waals surface area contributed by atoms with Gasteiger partial charge in [-0.2, -0.15) is 0 Å². The van der Waals surface area contributed by atoms with Crippen molar-refractivity contribution >= 4 is 56.0 Å². The van der Waals surface area contributed by atoms with E-state index in [0.717, 1.165) is 17.0 Å². The van der Waals surface area contributed by atoms with Crippen LogP contribution in [-0.2, 0) is 15.6 Å². The van der Waals surface area contributed by atoms with Gasteiger partial charge < -0.3 is 4.90 Å². The minimum Gasteiger partial charge on any atom is -0.308 e. The van der Waals surface area contributed by atoms with Gasteiger partial charge in [-0.3, -0.25) is 4.79 Å². The van der Waals surface area contributed by atoms with Crippen LogP contribution in [0.15, 0.2) is 53.4 Å². The third kappa shape index (κ3) is 3.82. The summed E-state index contributed by atoms with van der Waals surface area (Å²) < 4.78 is 25.4. The van der Waals surface area contributed by atoms with E-state index in [-0.39, 0.29) is 16.6 Å². The molecule has 2 aromatic carbocycles. The van der Waals surface area contributed by atoms with E-state index in [0.29, 0.717) is 32.6 Å². The Morgan fingerprint density at radius 1 is 1.10 bits per heavy atom. The zero-order chi connectivity index (χ0) is 20.8. The Morgan fingerprint density at radius 2 is 1.86 bits per heavy atom. The highest BCUT2D eigenvalue weighted by molar-refractivity contribution is 7.91. The predicted molar refractivity (Wildman–Crippen MR) is 119 cm³/mol. The summed E-state index contributed by atoms with van der Waals surface area (Å²) in [5.74, 6) is -0.300. The smallest absolute Gasteiger partial charge is 0.268 e. The van der Waals surface area contributed by atoms with Crippen LogP contribution in [0.25, 0.3) is 10.4 Å². The molecule has 0 radical (unpaired) electrons. The van der Waals surface area contributed by atoms with E-state index in [2.05, 4.69) is 0 Å². The molecule has 0 saturated carbocycles. The first kappa shape index (κ1) is 20.4. The maximum absolute atomic E-state index is 13.3. The van der Waals surface area contributed by atoms with Gasteiger partial charge in [-0.25, -0.2) is 8.42 Å². The van der Waals surface area contributed by atoms with Crippen molar-refractivity contribution in [2.45, 2.75) is 24.0 Å². The number of fused-ring (bicyclic) bond motifs is 3. The van der Waals surface area contributed by atoms with Crippen LogP contribution in [0.2, 0.25) is 10.0 Å². The maximum Gasteiger partial charge on any atom is 0.268 e. The lowest BCUT2D eigenvalue weighted by molar-refractivity contribution is 0.0990. The first-order valence-corrected chi connectivity index (χ1v) is 12.3. The van der Waals surface area contributed by atoms with Gasteiger partial charge in [-0.15, -0.1) is 11.3 Å². The van der Waals surface area contributed by atoms with E-state index >= 15 is 0 Å². The summed E-state index contributed by atoms with van der Waals surface area (Å²) in [7, 11) is -3.50. The van der Waals surface area contributed by atoms with Crippen molar-refractivity contribution in [1.82, 2.24) is 0 Å². The molecule has 0 fully saturated rings. The molecule has 3 aromatic rings. The Bertz CT molecular complexity index is 1220. The lowest BCUT2D eigenvalue weighted by Gasteiger charge is -2.21. The van der Waals surface area contributed by atoms with E-state index in [4.69, 9.17) is 23.2 Å². The highest BCUT2D eigenvalue weighted by atomic mass is 35.5. The highest BCUT2D eigenvalue weighted by Crippen LogP contribution is 2.44. The Labute approximate surface area is 183 Å². The Balaban J connectivity index is 1.78. The highest BCUT2D eigenvalue weighted by Gasteiger charge is 2.32. The number of amides is 1. The van der Waals surface area contributed by atoms with E-state index in [1.165, 1.54) is 17.4 Å². The number of carbonyl (C=O) groups excluding carboxylic acids is 1. The molecule has 8 heteroatoms. The molecule has 4 rings (SSSR count). The molecule has 1 amide bonds. The van der Waals surface area contributed by atoms with E-state index in [1.54, 1.807) is 41.3 Å². The van der Waals surface area contributed by atoms with Gasteiger partial charge in [0.1, 0.15) is 0 Å². The van der Waals surface area contributed by atoms with Gasteiger partial charge in [-0.1, -0.05) is 42.3 Å². The average Bonchev–Trinajstić information content (AvgIpc) is 3.09. The van der Waals surface area contributed by atoms with Gasteiger partial charge in [0.15, 0.2) is 9.84 Å². The van der Waals surface area contributed by atoms with Crippen LogP contribution >= 0.6 is 34.5 Å². The lowest BCUT2D eigenvalue weighted by atomic mass is 10.1. The van der Waals surface area contributed by atoms with Crippen molar-refractivity contribution in [3.8, 4) is 10.4 Å². The standard InChI is InChI=1S/C21H17Cl2NO3S2/c1-2-8-24(16-5-3-4-14(22)10-16)21(25)18-9-13-12-29(26,27)19-11-15(23)6-7-17(19)20(13)28-18/h3-7,9-11H,2,8,12H2,1H3. The number of hydrogen-bond donors (Lipinski definition) is 0. The summed E-state index contributed by atoms with van der Waals surface area (Å²) >= 11 is 13.4. The van der Waals surface area contributed by atoms with Gasteiger partial charge in [0.25, 0.3) is 5.91 Å². The van der Waals surface area contributed by atoms with Gasteiger partial charge in [-0.05, 0) is 48.4 Å². The van der Waals surface area contributed by atoms with Crippen molar-refractivity contribution < 1.29 is 13.2 Å². The molecule has 0 atom stereocenters. The molecule has 29 heavy (non-hydrogen) atoms. The number of sulfone groups is 1. The number of halogens is 2. The number of benzene rings is 2. The molecule has 0 unspecified atom stereocenters. The Morgan fingerprint density at radius 3 is 2.59 bits per heavy atom. The molecule has 1 aromatic heterocycles.